The molecule has 0 radical (unpaired) electrons. The number of aromatic nitrogens is 1. The predicted octanol–water partition coefficient (Wildman–Crippen LogP) is 6.07. The van der Waals surface area contributed by atoms with Gasteiger partial charge < -0.3 is 0 Å². The van der Waals surface area contributed by atoms with Crippen molar-refractivity contribution >= 4 is 17.6 Å². The summed E-state index contributed by atoms with van der Waals surface area (Å²) in [5, 5.41) is 7.46. The number of nitrogens with zero attached hydrogens (tertiary/aromatic N) is 3. The molecule has 1 fully saturated rings. The van der Waals surface area contributed by atoms with Crippen LogP contribution in [0.1, 0.15) is 72.4 Å². The standard InChI is InChI=1S/C27H32N4O/c1-19(30-31-28-2)23-9-3-6-20(16-23)12-13-25(32)18-21-7-4-10-24(17-21)27-26-11-5-8-22(26)14-15-29-27/h3,5-6,9,11,14-16,21,24H,1,4,7-8,10,12-13,17-18H2,2H3,(H,28,30)/t21-,24?/m1/s1. The molecule has 1 saturated carbocycles. The summed E-state index contributed by atoms with van der Waals surface area (Å²) < 4.78 is 0. The first-order valence-corrected chi connectivity index (χ1v) is 11.6. The lowest BCUT2D eigenvalue weighted by molar-refractivity contribution is -0.120. The summed E-state index contributed by atoms with van der Waals surface area (Å²) in [5.74, 6) is 1.32. The van der Waals surface area contributed by atoms with Gasteiger partial charge in [0.25, 0.3) is 0 Å². The van der Waals surface area contributed by atoms with Gasteiger partial charge in [0.1, 0.15) is 5.78 Å². The van der Waals surface area contributed by atoms with E-state index in [2.05, 4.69) is 52.7 Å². The molecule has 0 spiro atoms. The Morgan fingerprint density at radius 1 is 1.28 bits per heavy atom. The number of hydrogen-bond acceptors (Lipinski definition) is 4. The maximum absolute atomic E-state index is 12.8. The van der Waals surface area contributed by atoms with Crippen LogP contribution in [-0.4, -0.2) is 17.8 Å². The van der Waals surface area contributed by atoms with Gasteiger partial charge in [-0.2, -0.15) is 5.11 Å². The quantitative estimate of drug-likeness (QED) is 0.389. The van der Waals surface area contributed by atoms with E-state index in [-0.39, 0.29) is 0 Å². The summed E-state index contributed by atoms with van der Waals surface area (Å²) in [6, 6.07) is 10.3. The van der Waals surface area contributed by atoms with Crippen molar-refractivity contribution in [1.82, 2.24) is 10.4 Å². The van der Waals surface area contributed by atoms with Crippen LogP contribution in [0, 0.1) is 5.92 Å². The summed E-state index contributed by atoms with van der Waals surface area (Å²) in [7, 11) is 1.61. The van der Waals surface area contributed by atoms with E-state index in [1.807, 2.05) is 18.3 Å². The minimum atomic E-state index is 0.365. The van der Waals surface area contributed by atoms with Crippen LogP contribution in [0.5, 0.6) is 0 Å². The topological polar surface area (TPSA) is 66.7 Å². The van der Waals surface area contributed by atoms with Gasteiger partial charge in [-0.15, -0.1) is 0 Å². The Morgan fingerprint density at radius 2 is 2.19 bits per heavy atom. The molecule has 0 aliphatic heterocycles. The molecule has 0 bridgehead atoms. The fraction of sp³-hybridized carbons (Fsp3) is 0.407. The van der Waals surface area contributed by atoms with Gasteiger partial charge >= 0.3 is 0 Å². The molecule has 0 amide bonds. The van der Waals surface area contributed by atoms with E-state index in [1.54, 1.807) is 7.05 Å². The molecule has 0 saturated heterocycles. The summed E-state index contributed by atoms with van der Waals surface area (Å²) in [4.78, 5) is 17.5. The highest BCUT2D eigenvalue weighted by molar-refractivity contribution is 5.79. The maximum atomic E-state index is 12.8. The van der Waals surface area contributed by atoms with Crippen LogP contribution in [0.15, 0.2) is 59.5 Å². The van der Waals surface area contributed by atoms with Crippen LogP contribution in [0.3, 0.4) is 0 Å². The number of ketones is 1. The van der Waals surface area contributed by atoms with Gasteiger partial charge in [0, 0.05) is 25.0 Å². The highest BCUT2D eigenvalue weighted by Gasteiger charge is 2.28. The fourth-order valence-electron chi connectivity index (χ4n) is 5.05. The molecular weight excluding hydrogens is 396 g/mol. The minimum absolute atomic E-state index is 0.365. The third-order valence-electron chi connectivity index (χ3n) is 6.67. The minimum Gasteiger partial charge on any atom is -0.300 e. The molecule has 1 aromatic carbocycles. The second-order valence-corrected chi connectivity index (χ2v) is 8.94. The van der Waals surface area contributed by atoms with Crippen LogP contribution < -0.4 is 5.43 Å². The Bertz CT molecular complexity index is 1040. The molecule has 4 rings (SSSR count). The average molecular weight is 429 g/mol. The summed E-state index contributed by atoms with van der Waals surface area (Å²) >= 11 is 0. The lowest BCUT2D eigenvalue weighted by atomic mass is 9.76. The van der Waals surface area contributed by atoms with E-state index in [0.29, 0.717) is 36.2 Å². The zero-order valence-electron chi connectivity index (χ0n) is 18.9. The van der Waals surface area contributed by atoms with Gasteiger partial charge in [0.15, 0.2) is 0 Å². The summed E-state index contributed by atoms with van der Waals surface area (Å²) in [6.45, 7) is 3.99. The van der Waals surface area contributed by atoms with Crippen molar-refractivity contribution in [2.24, 2.45) is 16.3 Å². The molecule has 2 aromatic rings. The molecule has 5 nitrogen and oxygen atoms in total. The Balaban J connectivity index is 1.31. The number of benzene rings is 1. The highest BCUT2D eigenvalue weighted by Crippen LogP contribution is 2.40. The number of nitrogens with one attached hydrogen (secondary N) is 1. The van der Waals surface area contributed by atoms with Crippen LogP contribution in [0.4, 0.5) is 0 Å². The van der Waals surface area contributed by atoms with Crippen molar-refractivity contribution in [3.8, 4) is 0 Å². The Hall–Kier alpha value is -3.08. The van der Waals surface area contributed by atoms with Crippen molar-refractivity contribution in [2.45, 2.75) is 57.3 Å². The first-order chi connectivity index (χ1) is 15.6. The molecule has 1 aromatic heterocycles. The molecule has 1 N–H and O–H groups in total. The smallest absolute Gasteiger partial charge is 0.133 e. The van der Waals surface area contributed by atoms with Crippen molar-refractivity contribution in [3.05, 3.63) is 77.1 Å². The molecule has 2 aliphatic rings. The summed E-state index contributed by atoms with van der Waals surface area (Å²) in [6.07, 6.45) is 14.1. The molecule has 1 unspecified atom stereocenters. The van der Waals surface area contributed by atoms with E-state index in [9.17, 15) is 4.79 Å². The van der Waals surface area contributed by atoms with Crippen LogP contribution in [0.25, 0.3) is 11.8 Å². The molecule has 32 heavy (non-hydrogen) atoms. The number of Topliss-reactive ketones (excluding diaryl/α,β-unsaturated/α-hetero) is 1. The molecule has 5 heteroatoms. The van der Waals surface area contributed by atoms with Gasteiger partial charge in [0.2, 0.25) is 0 Å². The van der Waals surface area contributed by atoms with Crippen molar-refractivity contribution in [2.75, 3.05) is 7.05 Å². The van der Waals surface area contributed by atoms with E-state index >= 15 is 0 Å². The average Bonchev–Trinajstić information content (AvgIpc) is 3.31. The second kappa shape index (κ2) is 10.5. The van der Waals surface area contributed by atoms with Crippen LogP contribution >= 0.6 is 0 Å². The Morgan fingerprint density at radius 3 is 3.06 bits per heavy atom. The number of hydrogen-bond donors (Lipinski definition) is 1. The largest absolute Gasteiger partial charge is 0.300 e. The SMILES string of the molecule is C=C(NN=NC)c1cccc(CCC(=O)C[C@@H]2CCCC(c3nccc4c3C=CC4)C2)c1. The number of fused-ring (bicyclic) bond motifs is 1. The lowest BCUT2D eigenvalue weighted by Crippen LogP contribution is -2.19. The van der Waals surface area contributed by atoms with E-state index < -0.39 is 0 Å². The van der Waals surface area contributed by atoms with Gasteiger partial charge in [-0.3, -0.25) is 15.2 Å². The lowest BCUT2D eigenvalue weighted by Gasteiger charge is -2.29. The van der Waals surface area contributed by atoms with Gasteiger partial charge in [0.05, 0.1) is 18.4 Å². The number of carbonyl (C=O) groups excluding carboxylic acids is 1. The highest BCUT2D eigenvalue weighted by atomic mass is 16.1. The summed E-state index contributed by atoms with van der Waals surface area (Å²) in [5.41, 5.74) is 9.61. The monoisotopic (exact) mass is 428 g/mol. The van der Waals surface area contributed by atoms with Gasteiger partial charge in [-0.1, -0.05) is 48.6 Å². The number of pyridine rings is 1. The second-order valence-electron chi connectivity index (χ2n) is 8.94. The van der Waals surface area contributed by atoms with Gasteiger partial charge in [-0.05, 0) is 72.4 Å². The Kier molecular flexibility index (Phi) is 7.25. The predicted molar refractivity (Wildman–Crippen MR) is 129 cm³/mol. The van der Waals surface area contributed by atoms with Crippen LogP contribution in [0.2, 0.25) is 0 Å². The fourth-order valence-corrected chi connectivity index (χ4v) is 5.05. The van der Waals surface area contributed by atoms with Gasteiger partial charge in [-0.25, -0.2) is 0 Å². The first kappa shape index (κ1) is 22.1. The maximum Gasteiger partial charge on any atom is 0.133 e. The number of allylic oxidation sites excluding steroid dienone is 1. The van der Waals surface area contributed by atoms with E-state index in [4.69, 9.17) is 4.98 Å². The number of aryl methyl sites for hydroxylation is 1. The normalized spacial score (nSPS) is 19.8. The molecule has 2 aliphatic carbocycles. The van der Waals surface area contributed by atoms with E-state index in [1.165, 1.54) is 29.7 Å². The zero-order chi connectivity index (χ0) is 22.3. The first-order valence-electron chi connectivity index (χ1n) is 11.6. The van der Waals surface area contributed by atoms with Crippen molar-refractivity contribution < 1.29 is 4.79 Å². The number of carbonyl (C=O) groups is 1. The van der Waals surface area contributed by atoms with Crippen LogP contribution in [-0.2, 0) is 17.6 Å². The third-order valence-corrected chi connectivity index (χ3v) is 6.67. The molecule has 2 atom stereocenters. The zero-order valence-corrected chi connectivity index (χ0v) is 18.9. The number of rotatable bonds is 9. The van der Waals surface area contributed by atoms with Crippen molar-refractivity contribution in [3.63, 3.8) is 0 Å². The van der Waals surface area contributed by atoms with Crippen molar-refractivity contribution in [1.29, 1.82) is 0 Å². The molecular formula is C27H32N4O. The van der Waals surface area contributed by atoms with E-state index in [0.717, 1.165) is 36.8 Å². The molecule has 1 heterocycles. The third kappa shape index (κ3) is 5.39. The molecule has 166 valence electrons. The Labute approximate surface area is 190 Å².